The molecule has 0 radical (unpaired) electrons. The Balaban J connectivity index is 2.38. The van der Waals surface area contributed by atoms with E-state index in [4.69, 9.17) is 16.3 Å². The van der Waals surface area contributed by atoms with Crippen molar-refractivity contribution < 1.29 is 4.74 Å². The third kappa shape index (κ3) is 5.84. The maximum Gasteiger partial charge on any atom is 0.137 e. The molecule has 0 amide bonds. The Bertz CT molecular complexity index is 368. The minimum Gasteiger partial charge on any atom is -0.492 e. The zero-order chi connectivity index (χ0) is 14.1. The van der Waals surface area contributed by atoms with Crippen molar-refractivity contribution in [1.82, 2.24) is 5.32 Å². The van der Waals surface area contributed by atoms with Crippen molar-refractivity contribution in [3.8, 4) is 5.75 Å². The highest BCUT2D eigenvalue weighted by Gasteiger charge is 2.07. The molecule has 108 valence electrons. The fourth-order valence-electron chi connectivity index (χ4n) is 1.96. The monoisotopic (exact) mass is 283 g/mol. The highest BCUT2D eigenvalue weighted by molar-refractivity contribution is 6.32. The van der Waals surface area contributed by atoms with Crippen LogP contribution in [0.3, 0.4) is 0 Å². The minimum atomic E-state index is 0.306. The topological polar surface area (TPSA) is 21.3 Å². The third-order valence-electron chi connectivity index (χ3n) is 3.39. The lowest BCUT2D eigenvalue weighted by molar-refractivity contribution is 0.304. The molecule has 1 aromatic rings. The maximum absolute atomic E-state index is 6.24. The summed E-state index contributed by atoms with van der Waals surface area (Å²) in [5.74, 6) is 0.796. The Hall–Kier alpha value is -0.730. The molecule has 0 fully saturated rings. The van der Waals surface area contributed by atoms with Crippen LogP contribution in [-0.2, 0) is 0 Å². The summed E-state index contributed by atoms with van der Waals surface area (Å²) < 4.78 is 5.73. The molecule has 1 rings (SSSR count). The molecule has 1 N–H and O–H groups in total. The van der Waals surface area contributed by atoms with Crippen LogP contribution in [0.2, 0.25) is 5.02 Å². The van der Waals surface area contributed by atoms with E-state index in [1.54, 1.807) is 0 Å². The minimum absolute atomic E-state index is 0.306. The molecule has 3 heteroatoms. The summed E-state index contributed by atoms with van der Waals surface area (Å²) in [6, 6.07) is 6.33. The van der Waals surface area contributed by atoms with Crippen LogP contribution in [0.1, 0.15) is 57.6 Å². The first-order valence-electron chi connectivity index (χ1n) is 7.28. The Kier molecular flexibility index (Phi) is 7.92. The van der Waals surface area contributed by atoms with Gasteiger partial charge in [-0.05, 0) is 38.1 Å². The molecule has 0 aromatic heterocycles. The first kappa shape index (κ1) is 16.3. The van der Waals surface area contributed by atoms with Crippen LogP contribution in [-0.4, -0.2) is 13.7 Å². The highest BCUT2D eigenvalue weighted by Crippen LogP contribution is 2.28. The lowest BCUT2D eigenvalue weighted by Crippen LogP contribution is -2.12. The zero-order valence-corrected chi connectivity index (χ0v) is 13.1. The lowest BCUT2D eigenvalue weighted by Gasteiger charge is -2.13. The van der Waals surface area contributed by atoms with Crippen LogP contribution in [0.5, 0.6) is 5.75 Å². The van der Waals surface area contributed by atoms with Crippen LogP contribution in [0.25, 0.3) is 0 Å². The third-order valence-corrected chi connectivity index (χ3v) is 3.69. The number of hydrogen-bond donors (Lipinski definition) is 1. The van der Waals surface area contributed by atoms with Crippen molar-refractivity contribution in [2.45, 2.75) is 52.0 Å². The quantitative estimate of drug-likeness (QED) is 0.646. The first-order chi connectivity index (χ1) is 9.19. The smallest absolute Gasteiger partial charge is 0.137 e. The second kappa shape index (κ2) is 9.22. The van der Waals surface area contributed by atoms with E-state index in [2.05, 4.69) is 25.2 Å². The van der Waals surface area contributed by atoms with Crippen LogP contribution in [0, 0.1) is 0 Å². The second-order valence-electron chi connectivity index (χ2n) is 4.96. The number of nitrogens with one attached hydrogen (secondary N) is 1. The number of ether oxygens (including phenoxy) is 1. The SMILES string of the molecule is CCCCCCCOc1ccc(C(C)NC)cc1Cl. The molecule has 2 nitrogen and oxygen atoms in total. The molecule has 19 heavy (non-hydrogen) atoms. The average molecular weight is 284 g/mol. The van der Waals surface area contributed by atoms with Crippen LogP contribution >= 0.6 is 11.6 Å². The number of hydrogen-bond acceptors (Lipinski definition) is 2. The van der Waals surface area contributed by atoms with Crippen molar-refractivity contribution in [2.24, 2.45) is 0 Å². The van der Waals surface area contributed by atoms with Crippen LogP contribution in [0.4, 0.5) is 0 Å². The zero-order valence-electron chi connectivity index (χ0n) is 12.3. The van der Waals surface area contributed by atoms with Crippen molar-refractivity contribution in [1.29, 1.82) is 0 Å². The van der Waals surface area contributed by atoms with Crippen LogP contribution in [0.15, 0.2) is 18.2 Å². The predicted octanol–water partition coefficient (Wildman–Crippen LogP) is 4.97. The lowest BCUT2D eigenvalue weighted by atomic mass is 10.1. The summed E-state index contributed by atoms with van der Waals surface area (Å²) in [6.45, 7) is 5.09. The van der Waals surface area contributed by atoms with E-state index in [9.17, 15) is 0 Å². The first-order valence-corrected chi connectivity index (χ1v) is 7.66. The Morgan fingerprint density at radius 3 is 2.58 bits per heavy atom. The molecular weight excluding hydrogens is 258 g/mol. The van der Waals surface area contributed by atoms with Gasteiger partial charge in [-0.3, -0.25) is 0 Å². The summed E-state index contributed by atoms with van der Waals surface area (Å²) >= 11 is 6.24. The summed E-state index contributed by atoms with van der Waals surface area (Å²) in [5, 5.41) is 3.90. The van der Waals surface area contributed by atoms with E-state index in [1.165, 1.54) is 31.2 Å². The van der Waals surface area contributed by atoms with Crippen molar-refractivity contribution >= 4 is 11.6 Å². The predicted molar refractivity (Wildman–Crippen MR) is 83.2 cm³/mol. The fraction of sp³-hybridized carbons (Fsp3) is 0.625. The van der Waals surface area contributed by atoms with E-state index >= 15 is 0 Å². The van der Waals surface area contributed by atoms with E-state index in [0.717, 1.165) is 18.8 Å². The summed E-state index contributed by atoms with van der Waals surface area (Å²) in [6.07, 6.45) is 6.23. The van der Waals surface area contributed by atoms with E-state index < -0.39 is 0 Å². The molecule has 0 aliphatic rings. The number of benzene rings is 1. The Morgan fingerprint density at radius 1 is 1.21 bits per heavy atom. The van der Waals surface area contributed by atoms with Gasteiger partial charge in [-0.1, -0.05) is 50.3 Å². The van der Waals surface area contributed by atoms with E-state index in [-0.39, 0.29) is 0 Å². The van der Waals surface area contributed by atoms with Crippen molar-refractivity contribution in [2.75, 3.05) is 13.7 Å². The summed E-state index contributed by atoms with van der Waals surface area (Å²) in [5.41, 5.74) is 1.18. The van der Waals surface area contributed by atoms with Gasteiger partial charge >= 0.3 is 0 Å². The molecule has 1 atom stereocenters. The van der Waals surface area contributed by atoms with E-state index in [1.807, 2.05) is 19.2 Å². The van der Waals surface area contributed by atoms with Gasteiger partial charge < -0.3 is 10.1 Å². The molecule has 0 bridgehead atoms. The fourth-order valence-corrected chi connectivity index (χ4v) is 2.20. The molecule has 0 spiro atoms. The van der Waals surface area contributed by atoms with Gasteiger partial charge in [0.25, 0.3) is 0 Å². The second-order valence-corrected chi connectivity index (χ2v) is 5.37. The summed E-state index contributed by atoms with van der Waals surface area (Å²) in [7, 11) is 1.94. The van der Waals surface area contributed by atoms with Gasteiger partial charge in [0.15, 0.2) is 0 Å². The van der Waals surface area contributed by atoms with Crippen LogP contribution < -0.4 is 10.1 Å². The number of halogens is 1. The van der Waals surface area contributed by atoms with E-state index in [0.29, 0.717) is 11.1 Å². The Morgan fingerprint density at radius 2 is 1.95 bits per heavy atom. The number of rotatable bonds is 9. The highest BCUT2D eigenvalue weighted by atomic mass is 35.5. The molecule has 0 aliphatic heterocycles. The maximum atomic E-state index is 6.24. The summed E-state index contributed by atoms with van der Waals surface area (Å²) in [4.78, 5) is 0. The molecule has 1 unspecified atom stereocenters. The standard InChI is InChI=1S/C16H26ClNO/c1-4-5-6-7-8-11-19-16-10-9-14(12-15(16)17)13(2)18-3/h9-10,12-13,18H,4-8,11H2,1-3H3. The Labute approximate surface area is 122 Å². The molecule has 0 heterocycles. The van der Waals surface area contributed by atoms with Gasteiger partial charge in [-0.2, -0.15) is 0 Å². The molecule has 0 aliphatic carbocycles. The molecule has 0 saturated carbocycles. The van der Waals surface area contributed by atoms with Gasteiger partial charge in [0.1, 0.15) is 5.75 Å². The average Bonchev–Trinajstić information content (AvgIpc) is 2.43. The van der Waals surface area contributed by atoms with Gasteiger partial charge in [0.2, 0.25) is 0 Å². The normalized spacial score (nSPS) is 12.4. The molecular formula is C16H26ClNO. The largest absolute Gasteiger partial charge is 0.492 e. The number of unbranched alkanes of at least 4 members (excludes halogenated alkanes) is 4. The molecule has 0 saturated heterocycles. The van der Waals surface area contributed by atoms with Gasteiger partial charge in [-0.25, -0.2) is 0 Å². The molecule has 1 aromatic carbocycles. The van der Waals surface area contributed by atoms with Gasteiger partial charge in [-0.15, -0.1) is 0 Å². The van der Waals surface area contributed by atoms with Crippen molar-refractivity contribution in [3.63, 3.8) is 0 Å². The van der Waals surface area contributed by atoms with Gasteiger partial charge in [0.05, 0.1) is 11.6 Å². The van der Waals surface area contributed by atoms with Crippen molar-refractivity contribution in [3.05, 3.63) is 28.8 Å². The van der Waals surface area contributed by atoms with Gasteiger partial charge in [0, 0.05) is 6.04 Å².